The van der Waals surface area contributed by atoms with Crippen molar-refractivity contribution in [3.8, 4) is 0 Å². The van der Waals surface area contributed by atoms with Crippen molar-refractivity contribution in [3.63, 3.8) is 0 Å². The Balaban J connectivity index is 2.64. The topological polar surface area (TPSA) is 96.1 Å². The summed E-state index contributed by atoms with van der Waals surface area (Å²) < 4.78 is 5.16. The van der Waals surface area contributed by atoms with Crippen molar-refractivity contribution < 1.29 is 14.3 Å². The lowest BCUT2D eigenvalue weighted by atomic mass is 10.0. The fourth-order valence-corrected chi connectivity index (χ4v) is 1.51. The number of rotatable bonds is 4. The molecule has 7 heteroatoms. The maximum atomic E-state index is 12.1. The second-order valence-electron chi connectivity index (χ2n) is 5.84. The van der Waals surface area contributed by atoms with Crippen LogP contribution >= 0.6 is 0 Å². The molecule has 0 radical (unpaired) electrons. The molecule has 1 rings (SSSR count). The molecule has 1 aromatic heterocycles. The van der Waals surface area contributed by atoms with Crippen LogP contribution < -0.4 is 10.6 Å². The number of aromatic nitrogens is 2. The summed E-state index contributed by atoms with van der Waals surface area (Å²) in [7, 11) is 0. The van der Waals surface area contributed by atoms with Crippen molar-refractivity contribution >= 4 is 17.7 Å². The Hall–Kier alpha value is -2.05. The Labute approximate surface area is 118 Å². The SMILES string of the molecule is CC(C)[C@@H](NC(=O)OC(C)(C)C)C(=O)Nc1cn[nH]c1. The number of hydrogen-bond donors (Lipinski definition) is 3. The van der Waals surface area contributed by atoms with Gasteiger partial charge in [0.15, 0.2) is 0 Å². The molecule has 2 amide bonds. The third-order valence-corrected chi connectivity index (χ3v) is 2.39. The summed E-state index contributed by atoms with van der Waals surface area (Å²) in [5, 5.41) is 11.6. The van der Waals surface area contributed by atoms with Crippen LogP contribution in [0.4, 0.5) is 10.5 Å². The molecule has 0 saturated heterocycles. The first kappa shape index (κ1) is 16.0. The van der Waals surface area contributed by atoms with E-state index in [4.69, 9.17) is 4.74 Å². The van der Waals surface area contributed by atoms with Gasteiger partial charge in [0.1, 0.15) is 11.6 Å². The van der Waals surface area contributed by atoms with Crippen LogP contribution in [0.3, 0.4) is 0 Å². The minimum absolute atomic E-state index is 0.0746. The van der Waals surface area contributed by atoms with E-state index in [-0.39, 0.29) is 11.8 Å². The molecule has 1 heterocycles. The zero-order chi connectivity index (χ0) is 15.3. The number of carbonyl (C=O) groups excluding carboxylic acids is 2. The van der Waals surface area contributed by atoms with Crippen LogP contribution in [-0.2, 0) is 9.53 Å². The summed E-state index contributed by atoms with van der Waals surface area (Å²) in [4.78, 5) is 23.9. The highest BCUT2D eigenvalue weighted by atomic mass is 16.6. The number of alkyl carbamates (subject to hydrolysis) is 1. The smallest absolute Gasteiger partial charge is 0.408 e. The number of H-pyrrole nitrogens is 1. The maximum Gasteiger partial charge on any atom is 0.408 e. The van der Waals surface area contributed by atoms with Crippen LogP contribution in [0.2, 0.25) is 0 Å². The van der Waals surface area contributed by atoms with Crippen molar-refractivity contribution in [2.24, 2.45) is 5.92 Å². The van der Waals surface area contributed by atoms with Crippen LogP contribution in [0, 0.1) is 5.92 Å². The number of amides is 2. The molecule has 0 unspecified atom stereocenters. The monoisotopic (exact) mass is 282 g/mol. The van der Waals surface area contributed by atoms with Gasteiger partial charge in [-0.15, -0.1) is 0 Å². The molecule has 20 heavy (non-hydrogen) atoms. The Morgan fingerprint density at radius 1 is 1.35 bits per heavy atom. The predicted molar refractivity (Wildman–Crippen MR) is 75.2 cm³/mol. The number of ether oxygens (including phenoxy) is 1. The molecule has 1 atom stereocenters. The normalized spacial score (nSPS) is 12.9. The highest BCUT2D eigenvalue weighted by molar-refractivity contribution is 5.96. The summed E-state index contributed by atoms with van der Waals surface area (Å²) >= 11 is 0. The van der Waals surface area contributed by atoms with Gasteiger partial charge in [0.05, 0.1) is 11.9 Å². The number of hydrogen-bond acceptors (Lipinski definition) is 4. The lowest BCUT2D eigenvalue weighted by Gasteiger charge is -2.25. The van der Waals surface area contributed by atoms with Crippen molar-refractivity contribution in [3.05, 3.63) is 12.4 Å². The molecule has 0 aliphatic rings. The van der Waals surface area contributed by atoms with Gasteiger partial charge in [-0.25, -0.2) is 4.79 Å². The van der Waals surface area contributed by atoms with Crippen LogP contribution in [0.1, 0.15) is 34.6 Å². The average Bonchev–Trinajstić information content (AvgIpc) is 2.75. The van der Waals surface area contributed by atoms with Gasteiger partial charge in [-0.3, -0.25) is 9.89 Å². The standard InChI is InChI=1S/C13H22N4O3/c1-8(2)10(17-12(19)20-13(3,4)5)11(18)16-9-6-14-15-7-9/h6-8,10H,1-5H3,(H,14,15)(H,16,18)(H,17,19)/t10-/m1/s1. The fraction of sp³-hybridized carbons (Fsp3) is 0.615. The lowest BCUT2D eigenvalue weighted by Crippen LogP contribution is -2.48. The third kappa shape index (κ3) is 5.29. The molecule has 3 N–H and O–H groups in total. The van der Waals surface area contributed by atoms with Gasteiger partial charge in [-0.2, -0.15) is 5.10 Å². The molecule has 7 nitrogen and oxygen atoms in total. The van der Waals surface area contributed by atoms with Gasteiger partial charge in [0.25, 0.3) is 0 Å². The fourth-order valence-electron chi connectivity index (χ4n) is 1.51. The molecule has 0 spiro atoms. The Morgan fingerprint density at radius 3 is 2.45 bits per heavy atom. The average molecular weight is 282 g/mol. The second-order valence-corrected chi connectivity index (χ2v) is 5.84. The van der Waals surface area contributed by atoms with E-state index in [9.17, 15) is 9.59 Å². The Morgan fingerprint density at radius 2 is 2.00 bits per heavy atom. The maximum absolute atomic E-state index is 12.1. The number of aromatic amines is 1. The Bertz CT molecular complexity index is 449. The Kier molecular flexibility index (Phi) is 5.12. The van der Waals surface area contributed by atoms with Crippen molar-refractivity contribution in [1.29, 1.82) is 0 Å². The van der Waals surface area contributed by atoms with E-state index in [0.717, 1.165) is 0 Å². The van der Waals surface area contributed by atoms with E-state index in [1.54, 1.807) is 27.0 Å². The second kappa shape index (κ2) is 6.40. The molecule has 0 aliphatic carbocycles. The molecule has 0 bridgehead atoms. The number of nitrogens with zero attached hydrogens (tertiary/aromatic N) is 1. The number of carbonyl (C=O) groups is 2. The van der Waals surface area contributed by atoms with E-state index < -0.39 is 17.7 Å². The third-order valence-electron chi connectivity index (χ3n) is 2.39. The van der Waals surface area contributed by atoms with Gasteiger partial charge in [-0.05, 0) is 26.7 Å². The first-order valence-electron chi connectivity index (χ1n) is 6.48. The number of nitrogens with one attached hydrogen (secondary N) is 3. The van der Waals surface area contributed by atoms with Crippen LogP contribution in [-0.4, -0.2) is 33.8 Å². The van der Waals surface area contributed by atoms with Crippen molar-refractivity contribution in [2.75, 3.05) is 5.32 Å². The molecule has 0 saturated carbocycles. The van der Waals surface area contributed by atoms with E-state index in [1.165, 1.54) is 6.20 Å². The minimum atomic E-state index is -0.681. The van der Waals surface area contributed by atoms with E-state index >= 15 is 0 Å². The van der Waals surface area contributed by atoms with Crippen molar-refractivity contribution in [1.82, 2.24) is 15.5 Å². The van der Waals surface area contributed by atoms with Crippen LogP contribution in [0.25, 0.3) is 0 Å². The predicted octanol–water partition coefficient (Wildman–Crippen LogP) is 1.90. The van der Waals surface area contributed by atoms with Gasteiger partial charge in [0.2, 0.25) is 5.91 Å². The summed E-state index contributed by atoms with van der Waals surface area (Å²) in [6.07, 6.45) is 2.43. The highest BCUT2D eigenvalue weighted by Gasteiger charge is 2.27. The van der Waals surface area contributed by atoms with E-state index in [2.05, 4.69) is 20.8 Å². The molecule has 0 fully saturated rings. The zero-order valence-corrected chi connectivity index (χ0v) is 12.5. The van der Waals surface area contributed by atoms with Gasteiger partial charge >= 0.3 is 6.09 Å². The summed E-state index contributed by atoms with van der Waals surface area (Å²) in [5.74, 6) is -0.387. The summed E-state index contributed by atoms with van der Waals surface area (Å²) in [6, 6.07) is -0.681. The molecule has 112 valence electrons. The minimum Gasteiger partial charge on any atom is -0.444 e. The number of anilines is 1. The van der Waals surface area contributed by atoms with Gasteiger partial charge in [0, 0.05) is 6.20 Å². The largest absolute Gasteiger partial charge is 0.444 e. The molecular formula is C13H22N4O3. The van der Waals surface area contributed by atoms with Crippen LogP contribution in [0.15, 0.2) is 12.4 Å². The molecule has 0 aliphatic heterocycles. The first-order valence-corrected chi connectivity index (χ1v) is 6.48. The van der Waals surface area contributed by atoms with E-state index in [0.29, 0.717) is 5.69 Å². The quantitative estimate of drug-likeness (QED) is 0.785. The molecular weight excluding hydrogens is 260 g/mol. The van der Waals surface area contributed by atoms with Gasteiger partial charge in [-0.1, -0.05) is 13.8 Å². The van der Waals surface area contributed by atoms with Crippen molar-refractivity contribution in [2.45, 2.75) is 46.3 Å². The lowest BCUT2D eigenvalue weighted by molar-refractivity contribution is -0.119. The van der Waals surface area contributed by atoms with Gasteiger partial charge < -0.3 is 15.4 Å². The summed E-state index contributed by atoms with van der Waals surface area (Å²) in [6.45, 7) is 8.99. The first-order chi connectivity index (χ1) is 9.19. The molecule has 1 aromatic rings. The zero-order valence-electron chi connectivity index (χ0n) is 12.5. The highest BCUT2D eigenvalue weighted by Crippen LogP contribution is 2.10. The summed E-state index contributed by atoms with van der Waals surface area (Å²) in [5.41, 5.74) is -0.0567. The van der Waals surface area contributed by atoms with E-state index in [1.807, 2.05) is 13.8 Å². The van der Waals surface area contributed by atoms with Crippen LogP contribution in [0.5, 0.6) is 0 Å². The molecule has 0 aromatic carbocycles.